The Bertz CT molecular complexity index is 1120. The van der Waals surface area contributed by atoms with Gasteiger partial charge in [-0.25, -0.2) is 4.98 Å². The van der Waals surface area contributed by atoms with Gasteiger partial charge in [0, 0.05) is 4.90 Å². The Morgan fingerprint density at radius 2 is 1.93 bits per heavy atom. The summed E-state index contributed by atoms with van der Waals surface area (Å²) in [5, 5.41) is 0.617. The molecule has 0 N–H and O–H groups in total. The van der Waals surface area contributed by atoms with Crippen LogP contribution in [-0.2, 0) is 11.3 Å². The lowest BCUT2D eigenvalue weighted by Gasteiger charge is -2.18. The highest BCUT2D eigenvalue weighted by Gasteiger charge is 2.22. The molecule has 0 aliphatic rings. The van der Waals surface area contributed by atoms with Gasteiger partial charge in [0.15, 0.2) is 5.13 Å². The van der Waals surface area contributed by atoms with E-state index in [0.717, 1.165) is 20.9 Å². The molecular weight excluding hydrogens is 420 g/mol. The summed E-state index contributed by atoms with van der Waals surface area (Å²) >= 11 is 2.93. The van der Waals surface area contributed by atoms with E-state index in [1.54, 1.807) is 25.4 Å². The van der Waals surface area contributed by atoms with Crippen LogP contribution in [0.15, 0.2) is 70.2 Å². The first kappa shape index (κ1) is 20.3. The molecule has 0 radical (unpaired) electrons. The number of carbonyl (C=O) groups is 1. The molecule has 0 spiro atoms. The molecular formula is C22H20N2O4S2. The summed E-state index contributed by atoms with van der Waals surface area (Å²) in [6.07, 6.45) is 1.60. The van der Waals surface area contributed by atoms with E-state index >= 15 is 0 Å². The van der Waals surface area contributed by atoms with Crippen molar-refractivity contribution in [3.8, 4) is 11.5 Å². The molecule has 0 atom stereocenters. The van der Waals surface area contributed by atoms with E-state index < -0.39 is 0 Å². The molecule has 4 rings (SSSR count). The third-order valence-electron chi connectivity index (χ3n) is 4.44. The number of nitrogens with zero attached hydrogens (tertiary/aromatic N) is 2. The average Bonchev–Trinajstić information content (AvgIpc) is 3.45. The Morgan fingerprint density at radius 1 is 1.10 bits per heavy atom. The van der Waals surface area contributed by atoms with Gasteiger partial charge in [0.2, 0.25) is 5.91 Å². The molecule has 0 saturated carbocycles. The number of benzene rings is 2. The molecule has 0 fully saturated rings. The minimum atomic E-state index is -0.0507. The summed E-state index contributed by atoms with van der Waals surface area (Å²) in [6.45, 7) is 0.317. The molecule has 2 aromatic heterocycles. The van der Waals surface area contributed by atoms with Crippen molar-refractivity contribution in [2.75, 3.05) is 24.9 Å². The molecule has 30 heavy (non-hydrogen) atoms. The zero-order valence-electron chi connectivity index (χ0n) is 16.5. The first-order valence-corrected chi connectivity index (χ1v) is 11.0. The molecule has 8 heteroatoms. The number of thioether (sulfide) groups is 1. The normalized spacial score (nSPS) is 10.9. The van der Waals surface area contributed by atoms with Crippen LogP contribution in [0.5, 0.6) is 11.5 Å². The van der Waals surface area contributed by atoms with Gasteiger partial charge in [-0.3, -0.25) is 9.69 Å². The minimum Gasteiger partial charge on any atom is -0.497 e. The molecule has 2 aromatic carbocycles. The van der Waals surface area contributed by atoms with Crippen molar-refractivity contribution in [3.05, 3.63) is 66.6 Å². The van der Waals surface area contributed by atoms with Gasteiger partial charge in [-0.05, 0) is 48.5 Å². The predicted octanol–water partition coefficient (Wildman–Crippen LogP) is 5.23. The number of methoxy groups -OCH3 is 2. The first-order chi connectivity index (χ1) is 14.7. The van der Waals surface area contributed by atoms with E-state index in [9.17, 15) is 4.79 Å². The third kappa shape index (κ3) is 4.44. The number of anilines is 1. The molecule has 0 aliphatic heterocycles. The van der Waals surface area contributed by atoms with Crippen LogP contribution in [0.25, 0.3) is 10.2 Å². The highest BCUT2D eigenvalue weighted by atomic mass is 32.2. The van der Waals surface area contributed by atoms with Crippen molar-refractivity contribution in [2.24, 2.45) is 0 Å². The van der Waals surface area contributed by atoms with Crippen molar-refractivity contribution in [3.63, 3.8) is 0 Å². The topological polar surface area (TPSA) is 64.8 Å². The maximum atomic E-state index is 13.2. The zero-order chi connectivity index (χ0) is 20.9. The van der Waals surface area contributed by atoms with Gasteiger partial charge in [0.05, 0.1) is 37.5 Å². The number of furan rings is 1. The van der Waals surface area contributed by atoms with Crippen LogP contribution in [0.3, 0.4) is 0 Å². The van der Waals surface area contributed by atoms with E-state index in [2.05, 4.69) is 0 Å². The Morgan fingerprint density at radius 3 is 2.63 bits per heavy atom. The van der Waals surface area contributed by atoms with E-state index in [-0.39, 0.29) is 11.7 Å². The number of ether oxygens (including phenoxy) is 2. The first-order valence-electron chi connectivity index (χ1n) is 9.21. The van der Waals surface area contributed by atoms with Crippen LogP contribution in [0.1, 0.15) is 5.76 Å². The number of rotatable bonds is 8. The number of thiazole rings is 1. The second-order valence-electron chi connectivity index (χ2n) is 6.33. The molecule has 0 aliphatic carbocycles. The van der Waals surface area contributed by atoms with Crippen molar-refractivity contribution in [2.45, 2.75) is 11.4 Å². The standard InChI is InChI=1S/C22H20N2O4S2/c1-26-15-8-10-17(11-9-15)29-14-20(25)24(13-16-5-4-12-28-16)22-23-21-18(27-2)6-3-7-19(21)30-22/h3-12H,13-14H2,1-2H3. The Kier molecular flexibility index (Phi) is 6.25. The molecule has 2 heterocycles. The molecule has 0 bridgehead atoms. The van der Waals surface area contributed by atoms with E-state index in [4.69, 9.17) is 18.9 Å². The van der Waals surface area contributed by atoms with Crippen LogP contribution in [0.2, 0.25) is 0 Å². The van der Waals surface area contributed by atoms with Gasteiger partial charge < -0.3 is 13.9 Å². The number of fused-ring (bicyclic) bond motifs is 1. The van der Waals surface area contributed by atoms with Crippen molar-refractivity contribution in [1.82, 2.24) is 4.98 Å². The number of aromatic nitrogens is 1. The lowest BCUT2D eigenvalue weighted by atomic mass is 10.3. The van der Waals surface area contributed by atoms with Gasteiger partial charge in [-0.2, -0.15) is 0 Å². The molecule has 0 unspecified atom stereocenters. The SMILES string of the molecule is COc1ccc(SCC(=O)N(Cc2ccco2)c2nc3c(OC)cccc3s2)cc1. The third-order valence-corrected chi connectivity index (χ3v) is 6.48. The van der Waals surface area contributed by atoms with Gasteiger partial charge >= 0.3 is 0 Å². The van der Waals surface area contributed by atoms with Crippen molar-refractivity contribution in [1.29, 1.82) is 0 Å². The average molecular weight is 441 g/mol. The predicted molar refractivity (Wildman–Crippen MR) is 120 cm³/mol. The van der Waals surface area contributed by atoms with Gasteiger partial charge in [-0.1, -0.05) is 17.4 Å². The molecule has 4 aromatic rings. The lowest BCUT2D eigenvalue weighted by Crippen LogP contribution is -2.31. The fraction of sp³-hybridized carbons (Fsp3) is 0.182. The molecule has 6 nitrogen and oxygen atoms in total. The maximum Gasteiger partial charge on any atom is 0.239 e. The van der Waals surface area contributed by atoms with Crippen LogP contribution in [0, 0.1) is 0 Å². The van der Waals surface area contributed by atoms with Crippen molar-refractivity contribution < 1.29 is 18.7 Å². The van der Waals surface area contributed by atoms with Gasteiger partial charge in [0.25, 0.3) is 0 Å². The summed E-state index contributed by atoms with van der Waals surface area (Å²) in [4.78, 5) is 20.5. The molecule has 154 valence electrons. The summed E-state index contributed by atoms with van der Waals surface area (Å²) in [5.74, 6) is 2.40. The number of amides is 1. The highest BCUT2D eigenvalue weighted by molar-refractivity contribution is 8.00. The molecule has 1 amide bonds. The summed E-state index contributed by atoms with van der Waals surface area (Å²) in [5.41, 5.74) is 0.750. The van der Waals surface area contributed by atoms with E-state index in [1.807, 2.05) is 54.6 Å². The van der Waals surface area contributed by atoms with Crippen molar-refractivity contribution >= 4 is 44.4 Å². The number of para-hydroxylation sites is 1. The Balaban J connectivity index is 1.58. The molecule has 0 saturated heterocycles. The fourth-order valence-electron chi connectivity index (χ4n) is 2.91. The van der Waals surface area contributed by atoms with E-state index in [0.29, 0.717) is 23.2 Å². The number of carbonyl (C=O) groups excluding carboxylic acids is 1. The lowest BCUT2D eigenvalue weighted by molar-refractivity contribution is -0.116. The highest BCUT2D eigenvalue weighted by Crippen LogP contribution is 2.35. The summed E-state index contributed by atoms with van der Waals surface area (Å²) in [7, 11) is 3.25. The van der Waals surface area contributed by atoms with E-state index in [1.165, 1.54) is 23.1 Å². The number of hydrogen-bond donors (Lipinski definition) is 0. The second-order valence-corrected chi connectivity index (χ2v) is 8.38. The Labute approximate surface area is 182 Å². The smallest absolute Gasteiger partial charge is 0.239 e. The van der Waals surface area contributed by atoms with Crippen LogP contribution in [-0.4, -0.2) is 30.9 Å². The summed E-state index contributed by atoms with van der Waals surface area (Å²) < 4.78 is 17.0. The van der Waals surface area contributed by atoms with Crippen LogP contribution < -0.4 is 14.4 Å². The zero-order valence-corrected chi connectivity index (χ0v) is 18.2. The second kappa shape index (κ2) is 9.23. The van der Waals surface area contributed by atoms with Gasteiger partial charge in [-0.15, -0.1) is 11.8 Å². The largest absolute Gasteiger partial charge is 0.497 e. The summed E-state index contributed by atoms with van der Waals surface area (Å²) in [6, 6.07) is 17.1. The van der Waals surface area contributed by atoms with Crippen LogP contribution in [0.4, 0.5) is 5.13 Å². The quantitative estimate of drug-likeness (QED) is 0.350. The Hall–Kier alpha value is -2.97. The number of hydrogen-bond acceptors (Lipinski definition) is 7. The fourth-order valence-corrected chi connectivity index (χ4v) is 4.68. The minimum absolute atomic E-state index is 0.0507. The van der Waals surface area contributed by atoms with Crippen LogP contribution >= 0.6 is 23.1 Å². The maximum absolute atomic E-state index is 13.2. The monoisotopic (exact) mass is 440 g/mol. The van der Waals surface area contributed by atoms with Gasteiger partial charge in [0.1, 0.15) is 22.8 Å².